The van der Waals surface area contributed by atoms with E-state index in [1.807, 2.05) is 6.20 Å². The van der Waals surface area contributed by atoms with E-state index in [-0.39, 0.29) is 6.10 Å². The molecule has 0 spiro atoms. The molecule has 0 saturated heterocycles. The smallest absolute Gasteiger partial charge is 0.0731 e. The predicted molar refractivity (Wildman–Crippen MR) is 83.1 cm³/mol. The van der Waals surface area contributed by atoms with Crippen LogP contribution in [0.15, 0.2) is 18.3 Å². The molecule has 0 aromatic carbocycles. The predicted octanol–water partition coefficient (Wildman–Crippen LogP) is 3.29. The summed E-state index contributed by atoms with van der Waals surface area (Å²) in [5.74, 6) is 0.495. The Bertz CT molecular complexity index is 408. The van der Waals surface area contributed by atoms with Crippen LogP contribution in [0.25, 0.3) is 0 Å². The minimum atomic E-state index is 0.282. The maximum atomic E-state index is 5.99. The monoisotopic (exact) mass is 276 g/mol. The van der Waals surface area contributed by atoms with Crippen LogP contribution in [-0.2, 0) is 11.2 Å². The second-order valence-corrected chi connectivity index (χ2v) is 5.57. The molecule has 0 fully saturated rings. The van der Waals surface area contributed by atoms with Crippen molar-refractivity contribution in [3.05, 3.63) is 29.6 Å². The van der Waals surface area contributed by atoms with Gasteiger partial charge < -0.3 is 10.1 Å². The summed E-state index contributed by atoms with van der Waals surface area (Å²) in [5, 5.41) is 3.72. The zero-order valence-corrected chi connectivity index (χ0v) is 13.1. The summed E-state index contributed by atoms with van der Waals surface area (Å²) >= 11 is 0. The van der Waals surface area contributed by atoms with Gasteiger partial charge in [0.2, 0.25) is 0 Å². The number of aryl methyl sites for hydroxylation is 1. The van der Waals surface area contributed by atoms with Crippen LogP contribution in [0.1, 0.15) is 57.2 Å². The first-order valence-corrected chi connectivity index (χ1v) is 8.10. The van der Waals surface area contributed by atoms with E-state index in [4.69, 9.17) is 4.74 Å². The Morgan fingerprint density at radius 3 is 2.95 bits per heavy atom. The van der Waals surface area contributed by atoms with Crippen LogP contribution < -0.4 is 5.32 Å². The van der Waals surface area contributed by atoms with Gasteiger partial charge in [0.25, 0.3) is 0 Å². The van der Waals surface area contributed by atoms with Gasteiger partial charge in [-0.05, 0) is 50.8 Å². The molecule has 20 heavy (non-hydrogen) atoms. The summed E-state index contributed by atoms with van der Waals surface area (Å²) in [4.78, 5) is 4.65. The Kier molecular flexibility index (Phi) is 5.99. The second kappa shape index (κ2) is 7.75. The van der Waals surface area contributed by atoms with Gasteiger partial charge in [-0.1, -0.05) is 19.9 Å². The Morgan fingerprint density at radius 1 is 1.40 bits per heavy atom. The summed E-state index contributed by atoms with van der Waals surface area (Å²) in [6, 6.07) is 4.66. The van der Waals surface area contributed by atoms with Crippen LogP contribution in [0.5, 0.6) is 0 Å². The van der Waals surface area contributed by atoms with Crippen LogP contribution in [0.4, 0.5) is 0 Å². The van der Waals surface area contributed by atoms with E-state index in [1.54, 1.807) is 0 Å². The van der Waals surface area contributed by atoms with Crippen molar-refractivity contribution in [2.45, 2.75) is 64.5 Å². The number of pyridine rings is 1. The molecule has 1 N–H and O–H groups in total. The van der Waals surface area contributed by atoms with Gasteiger partial charge in [0.15, 0.2) is 0 Å². The molecular weight excluding hydrogens is 248 g/mol. The molecule has 3 heteroatoms. The van der Waals surface area contributed by atoms with Crippen LogP contribution in [0.3, 0.4) is 0 Å². The molecule has 112 valence electrons. The van der Waals surface area contributed by atoms with Gasteiger partial charge in [0.1, 0.15) is 0 Å². The van der Waals surface area contributed by atoms with Crippen molar-refractivity contribution in [2.24, 2.45) is 0 Å². The molecule has 1 heterocycles. The molecule has 0 amide bonds. The fourth-order valence-corrected chi connectivity index (χ4v) is 3.33. The molecular formula is C17H28N2O. The fraction of sp³-hybridized carbons (Fsp3) is 0.706. The largest absolute Gasteiger partial charge is 0.377 e. The van der Waals surface area contributed by atoms with Gasteiger partial charge in [0, 0.05) is 30.5 Å². The van der Waals surface area contributed by atoms with Gasteiger partial charge in [-0.3, -0.25) is 4.98 Å². The lowest BCUT2D eigenvalue weighted by Crippen LogP contribution is -2.45. The molecule has 3 atom stereocenters. The van der Waals surface area contributed by atoms with Crippen LogP contribution in [-0.4, -0.2) is 30.3 Å². The number of fused-ring (bicyclic) bond motifs is 1. The Morgan fingerprint density at radius 2 is 2.25 bits per heavy atom. The number of hydrogen-bond donors (Lipinski definition) is 1. The zero-order valence-electron chi connectivity index (χ0n) is 13.1. The summed E-state index contributed by atoms with van der Waals surface area (Å²) in [5.41, 5.74) is 2.71. The highest BCUT2D eigenvalue weighted by atomic mass is 16.5. The minimum Gasteiger partial charge on any atom is -0.377 e. The Balaban J connectivity index is 2.18. The van der Waals surface area contributed by atoms with Crippen molar-refractivity contribution in [1.82, 2.24) is 10.3 Å². The molecule has 0 bridgehead atoms. The van der Waals surface area contributed by atoms with Crippen molar-refractivity contribution < 1.29 is 4.74 Å². The summed E-state index contributed by atoms with van der Waals surface area (Å²) < 4.78 is 5.99. The van der Waals surface area contributed by atoms with Crippen molar-refractivity contribution in [1.29, 1.82) is 0 Å². The van der Waals surface area contributed by atoms with E-state index in [0.717, 1.165) is 32.4 Å². The number of nitrogens with zero attached hydrogens (tertiary/aromatic N) is 1. The van der Waals surface area contributed by atoms with Gasteiger partial charge in [-0.25, -0.2) is 0 Å². The number of rotatable bonds is 8. The molecule has 3 unspecified atom stereocenters. The van der Waals surface area contributed by atoms with Gasteiger partial charge in [-0.15, -0.1) is 0 Å². The number of ether oxygens (including phenoxy) is 1. The van der Waals surface area contributed by atoms with Crippen LogP contribution in [0.2, 0.25) is 0 Å². The maximum Gasteiger partial charge on any atom is 0.0731 e. The normalized spacial score (nSPS) is 20.6. The zero-order chi connectivity index (χ0) is 14.4. The second-order valence-electron chi connectivity index (χ2n) is 5.57. The van der Waals surface area contributed by atoms with Crippen molar-refractivity contribution in [3.8, 4) is 0 Å². The first-order valence-electron chi connectivity index (χ1n) is 8.10. The Labute approximate surface area is 123 Å². The molecule has 1 aliphatic carbocycles. The minimum absolute atomic E-state index is 0.282. The average molecular weight is 276 g/mol. The van der Waals surface area contributed by atoms with Crippen LogP contribution in [0, 0.1) is 0 Å². The quantitative estimate of drug-likeness (QED) is 0.791. The van der Waals surface area contributed by atoms with E-state index in [1.165, 1.54) is 17.7 Å². The summed E-state index contributed by atoms with van der Waals surface area (Å²) in [6.07, 6.45) is 6.76. The third kappa shape index (κ3) is 3.39. The molecule has 1 aromatic heterocycles. The third-order valence-electron chi connectivity index (χ3n) is 4.25. The van der Waals surface area contributed by atoms with Gasteiger partial charge in [0.05, 0.1) is 6.10 Å². The van der Waals surface area contributed by atoms with E-state index in [0.29, 0.717) is 12.0 Å². The van der Waals surface area contributed by atoms with Crippen molar-refractivity contribution in [3.63, 3.8) is 0 Å². The first-order chi connectivity index (χ1) is 9.81. The highest BCUT2D eigenvalue weighted by Crippen LogP contribution is 2.35. The van der Waals surface area contributed by atoms with Gasteiger partial charge >= 0.3 is 0 Å². The molecule has 1 aromatic rings. The SMILES string of the molecule is CCCNC(C(CC)OCC)C1CCc2cccnc21. The molecule has 1 aliphatic rings. The standard InChI is InChI=1S/C17H28N2O/c1-4-11-18-17(15(5-2)20-6-3)14-10-9-13-8-7-12-19-16(13)14/h7-8,12,14-15,17-18H,4-6,9-11H2,1-3H3. The van der Waals surface area contributed by atoms with E-state index < -0.39 is 0 Å². The third-order valence-corrected chi connectivity index (χ3v) is 4.25. The summed E-state index contributed by atoms with van der Waals surface area (Å²) in [6.45, 7) is 8.35. The molecule has 2 rings (SSSR count). The van der Waals surface area contributed by atoms with Crippen LogP contribution >= 0.6 is 0 Å². The van der Waals surface area contributed by atoms with E-state index in [9.17, 15) is 0 Å². The lowest BCUT2D eigenvalue weighted by atomic mass is 9.91. The fourth-order valence-electron chi connectivity index (χ4n) is 3.33. The lowest BCUT2D eigenvalue weighted by Gasteiger charge is -2.32. The molecule has 0 radical (unpaired) electrons. The van der Waals surface area contributed by atoms with E-state index >= 15 is 0 Å². The number of aromatic nitrogens is 1. The number of hydrogen-bond acceptors (Lipinski definition) is 3. The Hall–Kier alpha value is -0.930. The first kappa shape index (κ1) is 15.5. The maximum absolute atomic E-state index is 5.99. The van der Waals surface area contributed by atoms with Crippen molar-refractivity contribution >= 4 is 0 Å². The number of nitrogens with one attached hydrogen (secondary N) is 1. The highest BCUT2D eigenvalue weighted by molar-refractivity contribution is 5.30. The summed E-state index contributed by atoms with van der Waals surface area (Å²) in [7, 11) is 0. The lowest BCUT2D eigenvalue weighted by molar-refractivity contribution is 0.0241. The molecule has 0 saturated carbocycles. The highest BCUT2D eigenvalue weighted by Gasteiger charge is 2.35. The van der Waals surface area contributed by atoms with Gasteiger partial charge in [-0.2, -0.15) is 0 Å². The van der Waals surface area contributed by atoms with Crippen molar-refractivity contribution in [2.75, 3.05) is 13.2 Å². The molecule has 0 aliphatic heterocycles. The molecule has 3 nitrogen and oxygen atoms in total. The average Bonchev–Trinajstić information content (AvgIpc) is 2.90. The topological polar surface area (TPSA) is 34.1 Å². The van der Waals surface area contributed by atoms with E-state index in [2.05, 4.69) is 43.2 Å².